The molecule has 0 unspecified atom stereocenters. The molecule has 3 nitrogen and oxygen atoms in total. The van der Waals surface area contributed by atoms with Crippen molar-refractivity contribution >= 4 is 66.7 Å². The number of hydrogen-bond acceptors (Lipinski definition) is 2. The molecule has 0 saturated carbocycles. The standard InChI is InChI=1S/C61H44FN3/c1-61(2)56-23-13-11-21-51(56)52-34-32-50(40-57(52)61)63(45-17-5-3-6-18-45)49-33-36-59(64(46-19-7-4-8-20-46)47-30-27-44(62)28-31-47)54(39-49)43-26-35-60-55(38-43)53-22-12-14-24-58(53)65(60)48-29-25-41-15-9-10-16-42(41)37-48/h3-40H,1-2H3. The van der Waals surface area contributed by atoms with Crippen molar-refractivity contribution in [1.82, 2.24) is 4.57 Å². The van der Waals surface area contributed by atoms with Crippen molar-refractivity contribution in [2.24, 2.45) is 0 Å². The summed E-state index contributed by atoms with van der Waals surface area (Å²) in [5.41, 5.74) is 16.6. The molecule has 0 spiro atoms. The van der Waals surface area contributed by atoms with Crippen LogP contribution in [0.2, 0.25) is 0 Å². The van der Waals surface area contributed by atoms with Crippen molar-refractivity contribution in [2.75, 3.05) is 9.80 Å². The van der Waals surface area contributed by atoms with Gasteiger partial charge in [0.25, 0.3) is 0 Å². The van der Waals surface area contributed by atoms with Gasteiger partial charge in [0.1, 0.15) is 5.82 Å². The highest BCUT2D eigenvalue weighted by molar-refractivity contribution is 6.11. The molecule has 0 atom stereocenters. The van der Waals surface area contributed by atoms with Crippen LogP contribution in [-0.2, 0) is 5.41 Å². The summed E-state index contributed by atoms with van der Waals surface area (Å²) in [6, 6.07) is 81.2. The summed E-state index contributed by atoms with van der Waals surface area (Å²) in [6.45, 7) is 4.67. The number of anilines is 6. The van der Waals surface area contributed by atoms with Crippen LogP contribution < -0.4 is 9.80 Å². The number of fused-ring (bicyclic) bond motifs is 7. The molecule has 12 rings (SSSR count). The molecule has 4 heteroatoms. The predicted octanol–water partition coefficient (Wildman–Crippen LogP) is 17.0. The molecule has 1 aliphatic rings. The number of aromatic nitrogens is 1. The maximum absolute atomic E-state index is 14.6. The van der Waals surface area contributed by atoms with Gasteiger partial charge in [-0.3, -0.25) is 0 Å². The van der Waals surface area contributed by atoms with Crippen LogP contribution >= 0.6 is 0 Å². The van der Waals surface area contributed by atoms with Crippen LogP contribution in [0.1, 0.15) is 25.0 Å². The van der Waals surface area contributed by atoms with Crippen molar-refractivity contribution in [3.63, 3.8) is 0 Å². The molecular formula is C61H44FN3. The fourth-order valence-electron chi connectivity index (χ4n) is 10.3. The van der Waals surface area contributed by atoms with Crippen LogP contribution in [0, 0.1) is 5.82 Å². The SMILES string of the molecule is CC1(C)c2ccccc2-c2ccc(N(c3ccccc3)c3ccc(N(c4ccccc4)c4ccc(F)cc4)c(-c4ccc5c(c4)c4ccccc4n5-c4ccc5ccccc5c4)c3)cc21. The lowest BCUT2D eigenvalue weighted by atomic mass is 9.82. The van der Waals surface area contributed by atoms with Crippen LogP contribution in [0.25, 0.3) is 60.5 Å². The molecule has 0 fully saturated rings. The van der Waals surface area contributed by atoms with E-state index >= 15 is 0 Å². The highest BCUT2D eigenvalue weighted by Crippen LogP contribution is 2.52. The van der Waals surface area contributed by atoms with E-state index < -0.39 is 0 Å². The normalized spacial score (nSPS) is 12.7. The van der Waals surface area contributed by atoms with E-state index in [0.717, 1.165) is 67.4 Å². The number of hydrogen-bond donors (Lipinski definition) is 0. The summed E-state index contributed by atoms with van der Waals surface area (Å²) in [7, 11) is 0. The van der Waals surface area contributed by atoms with E-state index in [2.05, 4.69) is 228 Å². The van der Waals surface area contributed by atoms with E-state index in [9.17, 15) is 4.39 Å². The molecule has 0 radical (unpaired) electrons. The lowest BCUT2D eigenvalue weighted by Gasteiger charge is -2.31. The van der Waals surface area contributed by atoms with E-state index in [1.807, 2.05) is 18.2 Å². The lowest BCUT2D eigenvalue weighted by molar-refractivity contribution is 0.628. The van der Waals surface area contributed by atoms with Crippen molar-refractivity contribution in [3.8, 4) is 27.9 Å². The molecule has 310 valence electrons. The molecule has 0 N–H and O–H groups in total. The second-order valence-corrected chi connectivity index (χ2v) is 17.5. The van der Waals surface area contributed by atoms with Gasteiger partial charge in [0.15, 0.2) is 0 Å². The van der Waals surface area contributed by atoms with Gasteiger partial charge in [-0.15, -0.1) is 0 Å². The summed E-state index contributed by atoms with van der Waals surface area (Å²) in [5.74, 6) is -0.273. The number of nitrogens with zero attached hydrogens (tertiary/aromatic N) is 3. The van der Waals surface area contributed by atoms with Gasteiger partial charge in [0.05, 0.1) is 16.7 Å². The van der Waals surface area contributed by atoms with E-state index in [4.69, 9.17) is 0 Å². The molecule has 11 aromatic rings. The van der Waals surface area contributed by atoms with Gasteiger partial charge in [-0.1, -0.05) is 135 Å². The summed E-state index contributed by atoms with van der Waals surface area (Å²) in [6.07, 6.45) is 0. The zero-order valence-electron chi connectivity index (χ0n) is 36.2. The van der Waals surface area contributed by atoms with Gasteiger partial charge in [-0.05, 0) is 148 Å². The Balaban J connectivity index is 1.10. The largest absolute Gasteiger partial charge is 0.310 e. The fraction of sp³-hybridized carbons (Fsp3) is 0.0492. The first-order chi connectivity index (χ1) is 31.9. The van der Waals surface area contributed by atoms with Gasteiger partial charge in [-0.25, -0.2) is 4.39 Å². The maximum atomic E-state index is 14.6. The molecule has 65 heavy (non-hydrogen) atoms. The van der Waals surface area contributed by atoms with Gasteiger partial charge < -0.3 is 14.4 Å². The molecule has 1 aliphatic carbocycles. The number of benzene rings is 10. The molecule has 0 amide bonds. The van der Waals surface area contributed by atoms with E-state index in [1.54, 1.807) is 0 Å². The molecule has 1 aromatic heterocycles. The fourth-order valence-corrected chi connectivity index (χ4v) is 10.3. The molecule has 0 bridgehead atoms. The van der Waals surface area contributed by atoms with Crippen LogP contribution in [-0.4, -0.2) is 4.57 Å². The second-order valence-electron chi connectivity index (χ2n) is 17.5. The van der Waals surface area contributed by atoms with E-state index in [-0.39, 0.29) is 11.2 Å². The summed E-state index contributed by atoms with van der Waals surface area (Å²) >= 11 is 0. The van der Waals surface area contributed by atoms with Crippen LogP contribution in [0.5, 0.6) is 0 Å². The third-order valence-corrected chi connectivity index (χ3v) is 13.4. The van der Waals surface area contributed by atoms with Crippen molar-refractivity contribution in [3.05, 3.63) is 247 Å². The number of rotatable bonds is 8. The molecule has 0 saturated heterocycles. The first-order valence-corrected chi connectivity index (χ1v) is 22.3. The number of halogens is 1. The summed E-state index contributed by atoms with van der Waals surface area (Å²) in [5, 5.41) is 4.77. The number of para-hydroxylation sites is 3. The van der Waals surface area contributed by atoms with Crippen LogP contribution in [0.4, 0.5) is 38.5 Å². The lowest BCUT2D eigenvalue weighted by Crippen LogP contribution is -2.17. The van der Waals surface area contributed by atoms with E-state index in [0.29, 0.717) is 0 Å². The Morgan fingerprint density at radius 1 is 0.385 bits per heavy atom. The molecule has 1 heterocycles. The minimum atomic E-state index is -0.273. The summed E-state index contributed by atoms with van der Waals surface area (Å²) in [4.78, 5) is 4.62. The molecular weight excluding hydrogens is 794 g/mol. The molecule has 0 aliphatic heterocycles. The topological polar surface area (TPSA) is 11.4 Å². The Hall–Kier alpha value is -8.21. The smallest absolute Gasteiger partial charge is 0.123 e. The minimum Gasteiger partial charge on any atom is -0.310 e. The Morgan fingerprint density at radius 3 is 1.78 bits per heavy atom. The summed E-state index contributed by atoms with van der Waals surface area (Å²) < 4.78 is 17.0. The third-order valence-electron chi connectivity index (χ3n) is 13.4. The van der Waals surface area contributed by atoms with Crippen molar-refractivity contribution < 1.29 is 4.39 Å². The quantitative estimate of drug-likeness (QED) is 0.151. The van der Waals surface area contributed by atoms with Gasteiger partial charge in [0.2, 0.25) is 0 Å². The molecule has 10 aromatic carbocycles. The average molecular weight is 838 g/mol. The predicted molar refractivity (Wildman–Crippen MR) is 271 cm³/mol. The Labute approximate surface area is 378 Å². The van der Waals surface area contributed by atoms with E-state index in [1.165, 1.54) is 50.5 Å². The zero-order valence-corrected chi connectivity index (χ0v) is 36.2. The van der Waals surface area contributed by atoms with Gasteiger partial charge >= 0.3 is 0 Å². The first kappa shape index (κ1) is 38.5. The van der Waals surface area contributed by atoms with Crippen LogP contribution in [0.3, 0.4) is 0 Å². The van der Waals surface area contributed by atoms with Gasteiger partial charge in [-0.2, -0.15) is 0 Å². The zero-order chi connectivity index (χ0) is 43.6. The van der Waals surface area contributed by atoms with Crippen molar-refractivity contribution in [1.29, 1.82) is 0 Å². The monoisotopic (exact) mass is 837 g/mol. The maximum Gasteiger partial charge on any atom is 0.123 e. The Morgan fingerprint density at radius 2 is 0.985 bits per heavy atom. The van der Waals surface area contributed by atoms with Crippen molar-refractivity contribution in [2.45, 2.75) is 19.3 Å². The first-order valence-electron chi connectivity index (χ1n) is 22.3. The highest BCUT2D eigenvalue weighted by atomic mass is 19.1. The average Bonchev–Trinajstić information content (AvgIpc) is 3.80. The Bertz CT molecular complexity index is 3590. The third kappa shape index (κ3) is 6.40. The second kappa shape index (κ2) is 15.3. The minimum absolute atomic E-state index is 0.161. The van der Waals surface area contributed by atoms with Crippen LogP contribution in [0.15, 0.2) is 231 Å². The Kier molecular flexibility index (Phi) is 9.03. The van der Waals surface area contributed by atoms with Gasteiger partial charge in [0, 0.05) is 55.9 Å². The highest BCUT2D eigenvalue weighted by Gasteiger charge is 2.36.